The van der Waals surface area contributed by atoms with Gasteiger partial charge in [-0.25, -0.2) is 0 Å². The van der Waals surface area contributed by atoms with Crippen molar-refractivity contribution in [1.29, 1.82) is 0 Å². The van der Waals surface area contributed by atoms with E-state index in [-0.39, 0.29) is 46.0 Å². The summed E-state index contributed by atoms with van der Waals surface area (Å²) in [4.78, 5) is -0.286. The molecule has 0 atom stereocenters. The van der Waals surface area contributed by atoms with E-state index in [0.717, 1.165) is 37.7 Å². The van der Waals surface area contributed by atoms with Crippen molar-refractivity contribution in [2.45, 2.75) is 43.9 Å². The molecule has 0 aliphatic carbocycles. The largest absolute Gasteiger partial charge is 1.00 e. The van der Waals surface area contributed by atoms with Crippen LogP contribution in [-0.2, 0) is 16.5 Å². The molecule has 1 N–H and O–H groups in total. The molecule has 0 radical (unpaired) electrons. The maximum absolute atomic E-state index is 11.5. The summed E-state index contributed by atoms with van der Waals surface area (Å²) in [7, 11) is -4.39. The molecule has 0 saturated carbocycles. The molecule has 7 heteroatoms. The van der Waals surface area contributed by atoms with Crippen LogP contribution < -0.4 is 39.4 Å². The number of aryl methyl sites for hydroxylation is 1. The minimum Gasteiger partial charge on any atom is -0.872 e. The number of unbranched alkanes of at least 4 members (excludes halogenated alkanes) is 3. The van der Waals surface area contributed by atoms with Gasteiger partial charge < -0.3 is 9.84 Å². The molecule has 130 valence electrons. The number of rotatable bonds is 8. The van der Waals surface area contributed by atoms with Crippen LogP contribution in [0.3, 0.4) is 0 Å². The second-order valence-corrected chi connectivity index (χ2v) is 7.03. The number of ether oxygens (including phenoxy) is 1. The Bertz CT molecular complexity index is 773. The summed E-state index contributed by atoms with van der Waals surface area (Å²) < 4.78 is 38.0. The average Bonchev–Trinajstić information content (AvgIpc) is 2.53. The van der Waals surface area contributed by atoms with Crippen LogP contribution in [0.5, 0.6) is 17.2 Å². The topological polar surface area (TPSA) is 86.7 Å². The van der Waals surface area contributed by atoms with E-state index in [1.54, 1.807) is 12.1 Å². The van der Waals surface area contributed by atoms with Gasteiger partial charge in [-0.3, -0.25) is 4.55 Å². The van der Waals surface area contributed by atoms with E-state index in [4.69, 9.17) is 4.74 Å². The van der Waals surface area contributed by atoms with Gasteiger partial charge in [0.1, 0.15) is 16.4 Å². The van der Waals surface area contributed by atoms with Crippen LogP contribution in [0.1, 0.15) is 38.2 Å². The average molecular weight is 372 g/mol. The molecule has 0 amide bonds. The van der Waals surface area contributed by atoms with Gasteiger partial charge >= 0.3 is 29.6 Å². The molecule has 2 aromatic rings. The van der Waals surface area contributed by atoms with E-state index in [9.17, 15) is 18.1 Å². The Kier molecular flexibility index (Phi) is 8.96. The van der Waals surface area contributed by atoms with Crippen LogP contribution in [0.2, 0.25) is 0 Å². The normalized spacial score (nSPS) is 11.0. The molecule has 0 aromatic heterocycles. The monoisotopic (exact) mass is 372 g/mol. The van der Waals surface area contributed by atoms with Gasteiger partial charge in [0.05, 0.1) is 0 Å². The van der Waals surface area contributed by atoms with Gasteiger partial charge in [-0.1, -0.05) is 44.4 Å². The Morgan fingerprint density at radius 1 is 1.04 bits per heavy atom. The van der Waals surface area contributed by atoms with Crippen molar-refractivity contribution >= 4 is 10.1 Å². The summed E-state index contributed by atoms with van der Waals surface area (Å²) in [6.07, 6.45) is 5.22. The second kappa shape index (κ2) is 10.2. The minimum absolute atomic E-state index is 0. The molecule has 0 heterocycles. The van der Waals surface area contributed by atoms with Crippen LogP contribution >= 0.6 is 0 Å². The fourth-order valence-corrected chi connectivity index (χ4v) is 2.99. The summed E-state index contributed by atoms with van der Waals surface area (Å²) in [6, 6.07) is 10.2. The molecule has 0 fully saturated rings. The van der Waals surface area contributed by atoms with Gasteiger partial charge in [0.25, 0.3) is 10.1 Å². The van der Waals surface area contributed by atoms with E-state index in [1.807, 2.05) is 0 Å². The van der Waals surface area contributed by atoms with Crippen LogP contribution in [-0.4, -0.2) is 13.0 Å². The van der Waals surface area contributed by atoms with E-state index in [0.29, 0.717) is 5.75 Å². The Hall–Kier alpha value is -1.05. The maximum Gasteiger partial charge on any atom is 1.00 e. The van der Waals surface area contributed by atoms with E-state index >= 15 is 0 Å². The van der Waals surface area contributed by atoms with Gasteiger partial charge in [-0.2, -0.15) is 8.42 Å². The van der Waals surface area contributed by atoms with Crippen molar-refractivity contribution in [2.75, 3.05) is 0 Å². The summed E-state index contributed by atoms with van der Waals surface area (Å²) in [5.74, 6) is 0.230. The molecular weight excluding hydrogens is 351 g/mol. The molecule has 0 aliphatic heterocycles. The molecular formula is C18H21NaO5S. The molecule has 0 bridgehead atoms. The molecule has 2 rings (SSSR count). The Morgan fingerprint density at radius 2 is 1.72 bits per heavy atom. The van der Waals surface area contributed by atoms with Crippen LogP contribution in [0, 0.1) is 0 Å². The third-order valence-electron chi connectivity index (χ3n) is 3.66. The van der Waals surface area contributed by atoms with Crippen LogP contribution in [0.15, 0.2) is 47.4 Å². The third kappa shape index (κ3) is 6.99. The van der Waals surface area contributed by atoms with Gasteiger partial charge in [-0.05, 0) is 42.7 Å². The Balaban J connectivity index is 0.00000312. The number of hydrogen-bond acceptors (Lipinski definition) is 4. The molecule has 0 saturated heterocycles. The fourth-order valence-electron chi connectivity index (χ4n) is 2.39. The molecule has 0 spiro atoms. The molecule has 2 aromatic carbocycles. The van der Waals surface area contributed by atoms with Crippen molar-refractivity contribution in [3.8, 4) is 17.2 Å². The van der Waals surface area contributed by atoms with Gasteiger partial charge in [0, 0.05) is 0 Å². The van der Waals surface area contributed by atoms with Crippen LogP contribution in [0.25, 0.3) is 0 Å². The fraction of sp³-hybridized carbons (Fsp3) is 0.333. The van der Waals surface area contributed by atoms with Crippen LogP contribution in [0.4, 0.5) is 0 Å². The Labute approximate surface area is 171 Å². The maximum atomic E-state index is 11.5. The Morgan fingerprint density at radius 3 is 2.32 bits per heavy atom. The van der Waals surface area contributed by atoms with E-state index in [1.165, 1.54) is 30.3 Å². The predicted molar refractivity (Wildman–Crippen MR) is 90.1 cm³/mol. The van der Waals surface area contributed by atoms with Gasteiger partial charge in [0.2, 0.25) is 0 Å². The third-order valence-corrected chi connectivity index (χ3v) is 4.55. The number of benzene rings is 2. The first kappa shape index (κ1) is 22.0. The van der Waals surface area contributed by atoms with Gasteiger partial charge in [-0.15, -0.1) is 5.75 Å². The molecule has 0 unspecified atom stereocenters. The van der Waals surface area contributed by atoms with Crippen molar-refractivity contribution in [3.05, 3.63) is 48.0 Å². The summed E-state index contributed by atoms with van der Waals surface area (Å²) in [5.41, 5.74) is 0.939. The van der Waals surface area contributed by atoms with E-state index in [2.05, 4.69) is 6.92 Å². The zero-order chi connectivity index (χ0) is 17.6. The van der Waals surface area contributed by atoms with Crippen molar-refractivity contribution < 1.29 is 52.4 Å². The van der Waals surface area contributed by atoms with Gasteiger partial charge in [0.15, 0.2) is 0 Å². The SMILES string of the molecule is CCCCCCc1ccc(S(=O)(=O)O)c(Oc2ccc([O-])cc2)c1.[Na+]. The van der Waals surface area contributed by atoms with Crippen molar-refractivity contribution in [2.24, 2.45) is 0 Å². The first-order chi connectivity index (χ1) is 11.4. The molecule has 25 heavy (non-hydrogen) atoms. The zero-order valence-electron chi connectivity index (χ0n) is 14.6. The van der Waals surface area contributed by atoms with E-state index < -0.39 is 10.1 Å². The standard InChI is InChI=1S/C18H22O5S.Na/c1-2-3-4-5-6-14-7-12-18(24(20,21)22)17(13-14)23-16-10-8-15(19)9-11-16;/h7-13,19H,2-6H2,1H3,(H,20,21,22);/q;+1/p-1. The predicted octanol–water partition coefficient (Wildman–Crippen LogP) is 0.926. The summed E-state index contributed by atoms with van der Waals surface area (Å²) >= 11 is 0. The quantitative estimate of drug-likeness (QED) is 0.423. The summed E-state index contributed by atoms with van der Waals surface area (Å²) in [6.45, 7) is 2.14. The smallest absolute Gasteiger partial charge is 0.872 e. The van der Waals surface area contributed by atoms with Crippen molar-refractivity contribution in [1.82, 2.24) is 0 Å². The first-order valence-electron chi connectivity index (χ1n) is 7.95. The minimum atomic E-state index is -4.39. The first-order valence-corrected chi connectivity index (χ1v) is 9.39. The second-order valence-electron chi connectivity index (χ2n) is 5.64. The zero-order valence-corrected chi connectivity index (χ0v) is 17.4. The molecule has 5 nitrogen and oxygen atoms in total. The number of hydrogen-bond donors (Lipinski definition) is 1. The molecule has 0 aliphatic rings. The summed E-state index contributed by atoms with van der Waals surface area (Å²) in [5, 5.41) is 11.1. The van der Waals surface area contributed by atoms with Crippen molar-refractivity contribution in [3.63, 3.8) is 0 Å².